The minimum Gasteiger partial charge on any atom is -0.294 e. The van der Waals surface area contributed by atoms with Crippen LogP contribution in [0, 0.1) is 0 Å². The molecule has 0 N–H and O–H groups in total. The molecular weight excluding hydrogens is 354 g/mol. The van der Waals surface area contributed by atoms with Crippen molar-refractivity contribution in [3.63, 3.8) is 0 Å². The molecule has 0 amide bonds. The molecule has 4 aromatic rings. The third-order valence-corrected chi connectivity index (χ3v) is 5.38. The van der Waals surface area contributed by atoms with Gasteiger partial charge in [0.25, 0.3) is 0 Å². The van der Waals surface area contributed by atoms with Crippen LogP contribution in [0.3, 0.4) is 0 Å². The van der Waals surface area contributed by atoms with Crippen molar-refractivity contribution in [1.29, 1.82) is 0 Å². The van der Waals surface area contributed by atoms with Crippen molar-refractivity contribution in [2.75, 3.05) is 0 Å². The first-order valence-electron chi connectivity index (χ1n) is 10.3. The topological polar surface area (TPSA) is 30.0 Å². The number of pyridine rings is 1. The van der Waals surface area contributed by atoms with E-state index in [1.165, 1.54) is 29.5 Å². The van der Waals surface area contributed by atoms with Gasteiger partial charge in [-0.2, -0.15) is 0 Å². The predicted molar refractivity (Wildman–Crippen MR) is 121 cm³/mol. The van der Waals surface area contributed by atoms with Gasteiger partial charge in [0.05, 0.1) is 11.2 Å². The highest BCUT2D eigenvalue weighted by Crippen LogP contribution is 2.28. The fraction of sp³-hybridized carbons (Fsp3) is 0.185. The summed E-state index contributed by atoms with van der Waals surface area (Å²) in [6.07, 6.45) is 3.59. The Bertz CT molecular complexity index is 1140. The molecule has 0 radical (unpaired) electrons. The lowest BCUT2D eigenvalue weighted by molar-refractivity contribution is 0.101. The third kappa shape index (κ3) is 4.12. The molecule has 1 heterocycles. The maximum Gasteiger partial charge on any atom is 0.160 e. The van der Waals surface area contributed by atoms with E-state index in [0.29, 0.717) is 0 Å². The highest BCUT2D eigenvalue weighted by atomic mass is 16.1. The Morgan fingerprint density at radius 1 is 0.828 bits per heavy atom. The van der Waals surface area contributed by atoms with Crippen LogP contribution in [-0.4, -0.2) is 10.8 Å². The molecule has 3 aromatic carbocycles. The van der Waals surface area contributed by atoms with Crippen LogP contribution in [0.15, 0.2) is 78.9 Å². The fourth-order valence-electron chi connectivity index (χ4n) is 3.69. The minimum absolute atomic E-state index is 0.0598. The number of rotatable bonds is 6. The molecule has 0 aliphatic carbocycles. The van der Waals surface area contributed by atoms with Gasteiger partial charge in [-0.15, -0.1) is 0 Å². The molecule has 0 spiro atoms. The number of hydrogen-bond acceptors (Lipinski definition) is 2. The van der Waals surface area contributed by atoms with Crippen LogP contribution in [0.4, 0.5) is 0 Å². The Morgan fingerprint density at radius 3 is 2.10 bits per heavy atom. The van der Waals surface area contributed by atoms with Gasteiger partial charge in [-0.05, 0) is 48.6 Å². The summed E-state index contributed by atoms with van der Waals surface area (Å²) >= 11 is 0. The minimum atomic E-state index is 0.0598. The zero-order valence-corrected chi connectivity index (χ0v) is 17.0. The molecule has 0 unspecified atom stereocenters. The quantitative estimate of drug-likeness (QED) is 0.334. The van der Waals surface area contributed by atoms with E-state index in [-0.39, 0.29) is 5.78 Å². The normalized spacial score (nSPS) is 11.0. The molecule has 0 saturated carbocycles. The van der Waals surface area contributed by atoms with Crippen molar-refractivity contribution in [2.24, 2.45) is 0 Å². The molecule has 0 saturated heterocycles. The second-order valence-electron chi connectivity index (χ2n) is 7.51. The van der Waals surface area contributed by atoms with Gasteiger partial charge in [0.15, 0.2) is 5.78 Å². The first kappa shape index (κ1) is 19.1. The summed E-state index contributed by atoms with van der Waals surface area (Å²) in [7, 11) is 0. The standard InChI is InChI=1S/C27H25NO/c1-3-4-7-20-10-12-21(13-11-20)22-14-16-23(17-15-22)27-18-25(19(2)29)24-8-5-6-9-26(24)28-27/h5-6,8-18H,3-4,7H2,1-2H3. The molecule has 29 heavy (non-hydrogen) atoms. The summed E-state index contributed by atoms with van der Waals surface area (Å²) in [6, 6.07) is 27.0. The molecule has 1 aromatic heterocycles. The van der Waals surface area contributed by atoms with E-state index in [0.717, 1.165) is 34.1 Å². The maximum atomic E-state index is 12.1. The number of unbranched alkanes of at least 4 members (excludes halogenated alkanes) is 1. The number of nitrogens with zero attached hydrogens (tertiary/aromatic N) is 1. The average Bonchev–Trinajstić information content (AvgIpc) is 2.77. The summed E-state index contributed by atoms with van der Waals surface area (Å²) in [5, 5.41) is 0.906. The lowest BCUT2D eigenvalue weighted by Crippen LogP contribution is -1.97. The zero-order chi connectivity index (χ0) is 20.2. The highest BCUT2D eigenvalue weighted by Gasteiger charge is 2.11. The molecule has 0 aliphatic heterocycles. The fourth-order valence-corrected chi connectivity index (χ4v) is 3.69. The van der Waals surface area contributed by atoms with Gasteiger partial charge in [-0.1, -0.05) is 80.1 Å². The molecule has 144 valence electrons. The Morgan fingerprint density at radius 2 is 1.45 bits per heavy atom. The Kier molecular flexibility index (Phi) is 5.53. The van der Waals surface area contributed by atoms with Crippen molar-refractivity contribution >= 4 is 16.7 Å². The Hall–Kier alpha value is -3.26. The molecule has 0 fully saturated rings. The number of benzene rings is 3. The van der Waals surface area contributed by atoms with Crippen LogP contribution in [0.2, 0.25) is 0 Å². The van der Waals surface area contributed by atoms with Crippen LogP contribution >= 0.6 is 0 Å². The van der Waals surface area contributed by atoms with Gasteiger partial charge in [0.2, 0.25) is 0 Å². The van der Waals surface area contributed by atoms with Crippen LogP contribution in [0.1, 0.15) is 42.6 Å². The molecule has 0 bridgehead atoms. The lowest BCUT2D eigenvalue weighted by Gasteiger charge is -2.09. The second-order valence-corrected chi connectivity index (χ2v) is 7.51. The number of fused-ring (bicyclic) bond motifs is 1. The van der Waals surface area contributed by atoms with E-state index in [1.807, 2.05) is 30.3 Å². The number of Topliss-reactive ketones (excluding diaryl/α,β-unsaturated/α-hetero) is 1. The van der Waals surface area contributed by atoms with E-state index in [2.05, 4.69) is 55.5 Å². The number of aromatic nitrogens is 1. The van der Waals surface area contributed by atoms with E-state index in [9.17, 15) is 4.79 Å². The molecule has 2 nitrogen and oxygen atoms in total. The van der Waals surface area contributed by atoms with Crippen molar-refractivity contribution < 1.29 is 4.79 Å². The average molecular weight is 380 g/mol. The van der Waals surface area contributed by atoms with Crippen LogP contribution < -0.4 is 0 Å². The SMILES string of the molecule is CCCCc1ccc(-c2ccc(-c3cc(C(C)=O)c4ccccc4n3)cc2)cc1. The van der Waals surface area contributed by atoms with Crippen molar-refractivity contribution in [2.45, 2.75) is 33.1 Å². The molecule has 4 rings (SSSR count). The molecule has 0 aliphatic rings. The van der Waals surface area contributed by atoms with Crippen molar-refractivity contribution in [3.8, 4) is 22.4 Å². The number of para-hydroxylation sites is 1. The summed E-state index contributed by atoms with van der Waals surface area (Å²) in [5.74, 6) is 0.0598. The maximum absolute atomic E-state index is 12.1. The van der Waals surface area contributed by atoms with Gasteiger partial charge in [0, 0.05) is 16.5 Å². The zero-order valence-electron chi connectivity index (χ0n) is 17.0. The summed E-state index contributed by atoms with van der Waals surface area (Å²) in [4.78, 5) is 16.9. The second kappa shape index (κ2) is 8.40. The smallest absolute Gasteiger partial charge is 0.160 e. The van der Waals surface area contributed by atoms with Crippen molar-refractivity contribution in [1.82, 2.24) is 4.98 Å². The van der Waals surface area contributed by atoms with Gasteiger partial charge >= 0.3 is 0 Å². The monoisotopic (exact) mass is 379 g/mol. The van der Waals surface area contributed by atoms with Gasteiger partial charge in [0.1, 0.15) is 0 Å². The number of ketones is 1. The van der Waals surface area contributed by atoms with E-state index >= 15 is 0 Å². The lowest BCUT2D eigenvalue weighted by atomic mass is 9.98. The van der Waals surface area contributed by atoms with Gasteiger partial charge < -0.3 is 0 Å². The predicted octanol–water partition coefficient (Wildman–Crippen LogP) is 7.11. The highest BCUT2D eigenvalue weighted by molar-refractivity contribution is 6.07. The molecular formula is C27H25NO. The summed E-state index contributed by atoms with van der Waals surface area (Å²) < 4.78 is 0. The number of hydrogen-bond donors (Lipinski definition) is 0. The first-order chi connectivity index (χ1) is 14.2. The van der Waals surface area contributed by atoms with Crippen LogP contribution in [0.5, 0.6) is 0 Å². The van der Waals surface area contributed by atoms with Crippen LogP contribution in [-0.2, 0) is 6.42 Å². The number of aryl methyl sites for hydroxylation is 1. The van der Waals surface area contributed by atoms with Gasteiger partial charge in [-0.25, -0.2) is 4.98 Å². The number of carbonyl (C=O) groups is 1. The van der Waals surface area contributed by atoms with E-state index in [1.54, 1.807) is 6.92 Å². The largest absolute Gasteiger partial charge is 0.294 e. The first-order valence-corrected chi connectivity index (χ1v) is 10.3. The third-order valence-electron chi connectivity index (χ3n) is 5.38. The van der Waals surface area contributed by atoms with Gasteiger partial charge in [-0.3, -0.25) is 4.79 Å². The van der Waals surface area contributed by atoms with Crippen LogP contribution in [0.25, 0.3) is 33.3 Å². The van der Waals surface area contributed by atoms with E-state index < -0.39 is 0 Å². The van der Waals surface area contributed by atoms with Crippen molar-refractivity contribution in [3.05, 3.63) is 90.0 Å². The Labute approximate surface area is 172 Å². The molecule has 2 heteroatoms. The Balaban J connectivity index is 1.65. The van der Waals surface area contributed by atoms with E-state index in [4.69, 9.17) is 4.98 Å². The molecule has 0 atom stereocenters. The summed E-state index contributed by atoms with van der Waals surface area (Å²) in [6.45, 7) is 3.83. The number of carbonyl (C=O) groups excluding carboxylic acids is 1. The summed E-state index contributed by atoms with van der Waals surface area (Å²) in [5.41, 5.74) is 7.21.